The average molecular weight is 245 g/mol. The molecule has 1 amide bonds. The van der Waals surface area contributed by atoms with Crippen molar-refractivity contribution in [1.82, 2.24) is 5.32 Å². The van der Waals surface area contributed by atoms with E-state index in [0.717, 1.165) is 18.4 Å². The molecule has 0 aromatic rings. The van der Waals surface area contributed by atoms with Crippen LogP contribution < -0.4 is 5.32 Å². The van der Waals surface area contributed by atoms with Gasteiger partial charge < -0.3 is 5.32 Å². The molecule has 17 heavy (non-hydrogen) atoms. The molecular weight excluding hydrogens is 210 g/mol. The Morgan fingerprint density at radius 3 is 1.29 bits per heavy atom. The first-order valence-electron chi connectivity index (χ1n) is 6.96. The second-order valence-corrected chi connectivity index (χ2v) is 5.58. The molecule has 0 fully saturated rings. The van der Waals surface area contributed by atoms with Crippen LogP contribution in [0, 0.1) is 17.8 Å². The predicted molar refractivity (Wildman–Crippen MR) is 79.2 cm³/mol. The van der Waals surface area contributed by atoms with Gasteiger partial charge in [-0.3, -0.25) is 4.79 Å². The highest BCUT2D eigenvalue weighted by Gasteiger charge is 2.02. The zero-order chi connectivity index (χ0) is 14.4. The molecular formula is C15H35NO. The van der Waals surface area contributed by atoms with Crippen LogP contribution in [0.1, 0.15) is 68.7 Å². The molecule has 0 rings (SSSR count). The summed E-state index contributed by atoms with van der Waals surface area (Å²) in [6, 6.07) is 0. The van der Waals surface area contributed by atoms with Gasteiger partial charge in [-0.25, -0.2) is 0 Å². The smallest absolute Gasteiger partial charge is 0.222 e. The molecule has 0 radical (unpaired) electrons. The lowest BCUT2D eigenvalue weighted by atomic mass is 10.2. The van der Waals surface area contributed by atoms with Crippen LogP contribution >= 0.6 is 0 Å². The van der Waals surface area contributed by atoms with Crippen molar-refractivity contribution in [2.75, 3.05) is 6.54 Å². The normalized spacial score (nSPS) is 9.41. The quantitative estimate of drug-likeness (QED) is 0.779. The third kappa shape index (κ3) is 39.1. The summed E-state index contributed by atoms with van der Waals surface area (Å²) >= 11 is 0. The highest BCUT2D eigenvalue weighted by Crippen LogP contribution is 1.93. The third-order valence-corrected chi connectivity index (χ3v) is 1.69. The Labute approximate surface area is 110 Å². The molecule has 0 atom stereocenters. The molecule has 1 N–H and O–H groups in total. The number of hydrogen-bond donors (Lipinski definition) is 1. The van der Waals surface area contributed by atoms with E-state index in [1.54, 1.807) is 0 Å². The van der Waals surface area contributed by atoms with Gasteiger partial charge in [-0.2, -0.15) is 0 Å². The SMILES string of the molecule is CC(C)C.CCC(C)C.CCNC(=O)C(C)C. The molecule has 0 aliphatic heterocycles. The Balaban J connectivity index is -0.000000188. The summed E-state index contributed by atoms with van der Waals surface area (Å²) < 4.78 is 0. The van der Waals surface area contributed by atoms with Crippen molar-refractivity contribution < 1.29 is 4.79 Å². The van der Waals surface area contributed by atoms with E-state index in [2.05, 4.69) is 46.9 Å². The van der Waals surface area contributed by atoms with Gasteiger partial charge in [0.25, 0.3) is 0 Å². The van der Waals surface area contributed by atoms with Gasteiger partial charge in [-0.15, -0.1) is 0 Å². The summed E-state index contributed by atoms with van der Waals surface area (Å²) in [6.45, 7) is 19.6. The van der Waals surface area contributed by atoms with Gasteiger partial charge in [-0.1, -0.05) is 61.8 Å². The minimum Gasteiger partial charge on any atom is -0.356 e. The maximum absolute atomic E-state index is 10.6. The molecule has 0 aromatic carbocycles. The average Bonchev–Trinajstić information content (AvgIpc) is 2.18. The van der Waals surface area contributed by atoms with Crippen LogP contribution in [0.25, 0.3) is 0 Å². The van der Waals surface area contributed by atoms with Gasteiger partial charge in [0.05, 0.1) is 0 Å². The highest BCUT2D eigenvalue weighted by atomic mass is 16.1. The number of rotatable bonds is 3. The van der Waals surface area contributed by atoms with Gasteiger partial charge in [0, 0.05) is 12.5 Å². The lowest BCUT2D eigenvalue weighted by Crippen LogP contribution is -2.26. The summed E-state index contributed by atoms with van der Waals surface area (Å²) in [7, 11) is 0. The number of nitrogens with one attached hydrogen (secondary N) is 1. The van der Waals surface area contributed by atoms with Crippen LogP contribution in [0.2, 0.25) is 0 Å². The number of carbonyl (C=O) groups is 1. The van der Waals surface area contributed by atoms with Gasteiger partial charge in [-0.05, 0) is 18.8 Å². The van der Waals surface area contributed by atoms with Gasteiger partial charge in [0.15, 0.2) is 0 Å². The predicted octanol–water partition coefficient (Wildman–Crippen LogP) is 4.49. The zero-order valence-electron chi connectivity index (χ0n) is 13.6. The molecule has 0 saturated carbocycles. The largest absolute Gasteiger partial charge is 0.356 e. The van der Waals surface area contributed by atoms with Gasteiger partial charge in [0.2, 0.25) is 5.91 Å². The number of hydrogen-bond acceptors (Lipinski definition) is 1. The first-order chi connectivity index (χ1) is 7.68. The molecule has 0 aliphatic rings. The fourth-order valence-electron chi connectivity index (χ4n) is 0.378. The fraction of sp³-hybridized carbons (Fsp3) is 0.933. The minimum absolute atomic E-state index is 0.120. The van der Waals surface area contributed by atoms with Crippen LogP contribution in [-0.4, -0.2) is 12.5 Å². The van der Waals surface area contributed by atoms with Crippen molar-refractivity contribution in [2.45, 2.75) is 68.7 Å². The molecule has 2 nitrogen and oxygen atoms in total. The van der Waals surface area contributed by atoms with E-state index < -0.39 is 0 Å². The van der Waals surface area contributed by atoms with Crippen LogP contribution in [0.5, 0.6) is 0 Å². The first-order valence-corrected chi connectivity index (χ1v) is 6.96. The van der Waals surface area contributed by atoms with Crippen molar-refractivity contribution in [1.29, 1.82) is 0 Å². The lowest BCUT2D eigenvalue weighted by Gasteiger charge is -2.02. The molecule has 106 valence electrons. The molecule has 0 spiro atoms. The van der Waals surface area contributed by atoms with Crippen LogP contribution in [0.15, 0.2) is 0 Å². The van der Waals surface area contributed by atoms with Crippen LogP contribution in [-0.2, 0) is 4.79 Å². The summed E-state index contributed by atoms with van der Waals surface area (Å²) in [5, 5.41) is 2.71. The highest BCUT2D eigenvalue weighted by molar-refractivity contribution is 5.77. The minimum atomic E-state index is 0.120. The molecule has 0 bridgehead atoms. The summed E-state index contributed by atoms with van der Waals surface area (Å²) in [4.78, 5) is 10.6. The van der Waals surface area contributed by atoms with E-state index >= 15 is 0 Å². The summed E-state index contributed by atoms with van der Waals surface area (Å²) in [5.41, 5.74) is 0. The summed E-state index contributed by atoms with van der Waals surface area (Å²) in [5.74, 6) is 1.97. The lowest BCUT2D eigenvalue weighted by molar-refractivity contribution is -0.123. The zero-order valence-corrected chi connectivity index (χ0v) is 13.6. The molecule has 0 aromatic heterocycles. The van der Waals surface area contributed by atoms with Crippen molar-refractivity contribution in [3.8, 4) is 0 Å². The van der Waals surface area contributed by atoms with Crippen molar-refractivity contribution >= 4 is 5.91 Å². The molecule has 0 heterocycles. The fourth-order valence-corrected chi connectivity index (χ4v) is 0.378. The van der Waals surface area contributed by atoms with E-state index in [4.69, 9.17) is 0 Å². The van der Waals surface area contributed by atoms with E-state index in [1.165, 1.54) is 6.42 Å². The standard InChI is InChI=1S/C6H13NO.C5H12.C4H10/c1-4-7-6(8)5(2)3;1-4-5(2)3;1-4(2)3/h5H,4H2,1-3H3,(H,7,8);5H,4H2,1-3H3;4H,1-3H3. The van der Waals surface area contributed by atoms with Gasteiger partial charge in [0.1, 0.15) is 0 Å². The summed E-state index contributed by atoms with van der Waals surface area (Å²) in [6.07, 6.45) is 1.31. The topological polar surface area (TPSA) is 29.1 Å². The van der Waals surface area contributed by atoms with Crippen molar-refractivity contribution in [2.24, 2.45) is 17.8 Å². The maximum Gasteiger partial charge on any atom is 0.222 e. The van der Waals surface area contributed by atoms with Crippen LogP contribution in [0.4, 0.5) is 0 Å². The Morgan fingerprint density at radius 1 is 0.941 bits per heavy atom. The molecule has 0 aliphatic carbocycles. The molecule has 2 heteroatoms. The number of amides is 1. The number of carbonyl (C=O) groups excluding carboxylic acids is 1. The monoisotopic (exact) mass is 245 g/mol. The Hall–Kier alpha value is -0.530. The Bertz CT molecular complexity index is 148. The van der Waals surface area contributed by atoms with Gasteiger partial charge >= 0.3 is 0 Å². The second-order valence-electron chi connectivity index (χ2n) is 5.58. The Kier molecular flexibility index (Phi) is 19.8. The van der Waals surface area contributed by atoms with E-state index in [9.17, 15) is 4.79 Å². The second kappa shape index (κ2) is 15.5. The van der Waals surface area contributed by atoms with Crippen LogP contribution in [0.3, 0.4) is 0 Å². The Morgan fingerprint density at radius 2 is 1.24 bits per heavy atom. The van der Waals surface area contributed by atoms with E-state index in [0.29, 0.717) is 0 Å². The van der Waals surface area contributed by atoms with Crippen molar-refractivity contribution in [3.63, 3.8) is 0 Å². The molecule has 0 unspecified atom stereocenters. The van der Waals surface area contributed by atoms with Crippen molar-refractivity contribution in [3.05, 3.63) is 0 Å². The third-order valence-electron chi connectivity index (χ3n) is 1.69. The molecule has 0 saturated heterocycles. The first kappa shape index (κ1) is 21.7. The maximum atomic E-state index is 10.6. The van der Waals surface area contributed by atoms with E-state index in [-0.39, 0.29) is 11.8 Å². The van der Waals surface area contributed by atoms with E-state index in [1.807, 2.05) is 20.8 Å².